The van der Waals surface area contributed by atoms with Crippen molar-refractivity contribution >= 4 is 26.0 Å². The Hall–Kier alpha value is -1.21. The largest absolute Gasteiger partial charge is 0.397 e. The Bertz CT molecular complexity index is 537. The van der Waals surface area contributed by atoms with Crippen LogP contribution < -0.4 is 10.4 Å². The van der Waals surface area contributed by atoms with Gasteiger partial charge in [0.1, 0.15) is 7.59 Å². The molecule has 0 aliphatic rings. The standard InChI is InChI=1S/C16H22O2Si2/c1-17-20(18-2,16-13-9-6-10-14-16)19(3,4)15-11-7-5-8-12-15/h5-14H,1-4H3. The molecule has 2 aromatic carbocycles. The van der Waals surface area contributed by atoms with Crippen LogP contribution in [0.1, 0.15) is 0 Å². The van der Waals surface area contributed by atoms with Gasteiger partial charge in [-0.1, -0.05) is 78.9 Å². The predicted octanol–water partition coefficient (Wildman–Crippen LogP) is 2.32. The van der Waals surface area contributed by atoms with Crippen LogP contribution in [0.25, 0.3) is 0 Å². The molecule has 0 unspecified atom stereocenters. The summed E-state index contributed by atoms with van der Waals surface area (Å²) in [6.07, 6.45) is 0. The zero-order valence-corrected chi connectivity index (χ0v) is 14.6. The lowest BCUT2D eigenvalue weighted by atomic mass is 10.4. The summed E-state index contributed by atoms with van der Waals surface area (Å²) in [4.78, 5) is 0. The monoisotopic (exact) mass is 302 g/mol. The maximum Gasteiger partial charge on any atom is 0.354 e. The van der Waals surface area contributed by atoms with Gasteiger partial charge in [-0.25, -0.2) is 0 Å². The van der Waals surface area contributed by atoms with Gasteiger partial charge < -0.3 is 8.85 Å². The van der Waals surface area contributed by atoms with E-state index in [4.69, 9.17) is 8.85 Å². The summed E-state index contributed by atoms with van der Waals surface area (Å²) in [7, 11) is -0.770. The molecule has 0 bridgehead atoms. The average molecular weight is 303 g/mol. The van der Waals surface area contributed by atoms with Crippen molar-refractivity contribution in [1.82, 2.24) is 0 Å². The first-order valence-electron chi connectivity index (χ1n) is 6.80. The highest BCUT2D eigenvalue weighted by atomic mass is 29.3. The molecule has 106 valence electrons. The first kappa shape index (κ1) is 15.2. The highest BCUT2D eigenvalue weighted by Crippen LogP contribution is 2.21. The third-order valence-corrected chi connectivity index (χ3v) is 17.6. The van der Waals surface area contributed by atoms with E-state index in [2.05, 4.69) is 67.7 Å². The van der Waals surface area contributed by atoms with Crippen molar-refractivity contribution in [3.05, 3.63) is 60.7 Å². The summed E-state index contributed by atoms with van der Waals surface area (Å²) in [5, 5.41) is 2.59. The van der Waals surface area contributed by atoms with E-state index >= 15 is 0 Å². The molecule has 0 spiro atoms. The SMILES string of the molecule is CO[Si](OC)(c1ccccc1)[Si](C)(C)c1ccccc1. The van der Waals surface area contributed by atoms with Crippen molar-refractivity contribution in [3.63, 3.8) is 0 Å². The van der Waals surface area contributed by atoms with E-state index in [1.165, 1.54) is 10.4 Å². The van der Waals surface area contributed by atoms with Crippen molar-refractivity contribution in [2.75, 3.05) is 14.2 Å². The maximum absolute atomic E-state index is 6.07. The summed E-state index contributed by atoms with van der Waals surface area (Å²) in [6.45, 7) is 4.68. The third kappa shape index (κ3) is 2.40. The van der Waals surface area contributed by atoms with E-state index < -0.39 is 15.7 Å². The molecule has 0 saturated carbocycles. The molecule has 0 radical (unpaired) electrons. The Kier molecular flexibility index (Phi) is 4.60. The van der Waals surface area contributed by atoms with Crippen molar-refractivity contribution in [2.45, 2.75) is 13.1 Å². The van der Waals surface area contributed by atoms with Crippen LogP contribution in [-0.2, 0) is 8.85 Å². The van der Waals surface area contributed by atoms with Crippen LogP contribution >= 0.6 is 0 Å². The fourth-order valence-electron chi connectivity index (χ4n) is 2.89. The Labute approximate surface area is 123 Å². The molecule has 0 fully saturated rings. The van der Waals surface area contributed by atoms with Gasteiger partial charge in [0.15, 0.2) is 0 Å². The third-order valence-electron chi connectivity index (χ3n) is 4.05. The number of hydrogen-bond acceptors (Lipinski definition) is 2. The molecule has 0 aromatic heterocycles. The molecular formula is C16H22O2Si2. The normalized spacial score (nSPS) is 12.4. The lowest BCUT2D eigenvalue weighted by Crippen LogP contribution is -2.75. The second-order valence-electron chi connectivity index (χ2n) is 5.38. The molecule has 20 heavy (non-hydrogen) atoms. The summed E-state index contributed by atoms with van der Waals surface area (Å²) in [5.74, 6) is 0. The smallest absolute Gasteiger partial charge is 0.354 e. The van der Waals surface area contributed by atoms with Crippen molar-refractivity contribution < 1.29 is 8.85 Å². The molecule has 0 amide bonds. The minimum absolute atomic E-state index is 1.21. The van der Waals surface area contributed by atoms with Crippen molar-refractivity contribution in [2.24, 2.45) is 0 Å². The van der Waals surface area contributed by atoms with Gasteiger partial charge in [-0.05, 0) is 5.19 Å². The second-order valence-corrected chi connectivity index (χ2v) is 17.6. The second kappa shape index (κ2) is 6.05. The number of hydrogen-bond donors (Lipinski definition) is 0. The molecular weight excluding hydrogens is 280 g/mol. The van der Waals surface area contributed by atoms with Gasteiger partial charge in [0.25, 0.3) is 0 Å². The first-order valence-corrected chi connectivity index (χ1v) is 12.6. The first-order chi connectivity index (χ1) is 9.58. The van der Waals surface area contributed by atoms with Crippen LogP contribution in [0.5, 0.6) is 0 Å². The van der Waals surface area contributed by atoms with Crippen molar-refractivity contribution in [3.8, 4) is 0 Å². The Morgan fingerprint density at radius 3 is 1.45 bits per heavy atom. The Morgan fingerprint density at radius 1 is 0.650 bits per heavy atom. The predicted molar refractivity (Wildman–Crippen MR) is 89.4 cm³/mol. The summed E-state index contributed by atoms with van der Waals surface area (Å²) >= 11 is 0. The summed E-state index contributed by atoms with van der Waals surface area (Å²) in [6, 6.07) is 21.1. The zero-order valence-electron chi connectivity index (χ0n) is 12.6. The molecule has 2 aromatic rings. The van der Waals surface area contributed by atoms with Crippen LogP contribution in [0.2, 0.25) is 13.1 Å². The van der Waals surface area contributed by atoms with Crippen molar-refractivity contribution in [1.29, 1.82) is 0 Å². The zero-order chi connectivity index (χ0) is 14.6. The fourth-order valence-corrected chi connectivity index (χ4v) is 14.7. The van der Waals surface area contributed by atoms with E-state index in [-0.39, 0.29) is 0 Å². The average Bonchev–Trinajstić information content (AvgIpc) is 2.51. The van der Waals surface area contributed by atoms with Crippen LogP contribution in [0.4, 0.5) is 0 Å². The van der Waals surface area contributed by atoms with E-state index in [0.29, 0.717) is 0 Å². The highest BCUT2D eigenvalue weighted by Gasteiger charge is 2.55. The van der Waals surface area contributed by atoms with Gasteiger partial charge in [0, 0.05) is 14.2 Å². The van der Waals surface area contributed by atoms with Crippen LogP contribution in [0.15, 0.2) is 60.7 Å². The minimum atomic E-state index is -2.45. The van der Waals surface area contributed by atoms with E-state index in [1.807, 2.05) is 6.07 Å². The Morgan fingerprint density at radius 2 is 1.05 bits per heavy atom. The summed E-state index contributed by atoms with van der Waals surface area (Å²) < 4.78 is 12.1. The quantitative estimate of drug-likeness (QED) is 0.789. The van der Waals surface area contributed by atoms with Gasteiger partial charge in [0.05, 0.1) is 0 Å². The highest BCUT2D eigenvalue weighted by molar-refractivity contribution is 7.46. The molecule has 0 aliphatic carbocycles. The summed E-state index contributed by atoms with van der Waals surface area (Å²) in [5.41, 5.74) is 0. The van der Waals surface area contributed by atoms with Crippen LogP contribution in [-0.4, -0.2) is 29.9 Å². The molecule has 0 aliphatic heterocycles. The molecule has 2 nitrogen and oxygen atoms in total. The molecule has 0 heterocycles. The van der Waals surface area contributed by atoms with Gasteiger partial charge in [-0.15, -0.1) is 0 Å². The van der Waals surface area contributed by atoms with Gasteiger partial charge >= 0.3 is 8.08 Å². The van der Waals surface area contributed by atoms with Crippen LogP contribution in [0.3, 0.4) is 0 Å². The lowest BCUT2D eigenvalue weighted by Gasteiger charge is -2.40. The van der Waals surface area contributed by atoms with Gasteiger partial charge in [-0.2, -0.15) is 0 Å². The fraction of sp³-hybridized carbons (Fsp3) is 0.250. The van der Waals surface area contributed by atoms with E-state index in [9.17, 15) is 0 Å². The topological polar surface area (TPSA) is 18.5 Å². The minimum Gasteiger partial charge on any atom is -0.397 e. The van der Waals surface area contributed by atoms with Crippen LogP contribution in [0, 0.1) is 0 Å². The van der Waals surface area contributed by atoms with Gasteiger partial charge in [0.2, 0.25) is 0 Å². The van der Waals surface area contributed by atoms with E-state index in [1.54, 1.807) is 14.2 Å². The number of benzene rings is 2. The molecule has 0 saturated heterocycles. The maximum atomic E-state index is 6.07. The van der Waals surface area contributed by atoms with E-state index in [0.717, 1.165) is 0 Å². The molecule has 2 rings (SSSR count). The lowest BCUT2D eigenvalue weighted by molar-refractivity contribution is 0.277. The molecule has 4 heteroatoms. The molecule has 0 N–H and O–H groups in total. The number of rotatable bonds is 5. The molecule has 0 atom stereocenters. The Balaban J connectivity index is 2.59. The van der Waals surface area contributed by atoms with Gasteiger partial charge in [-0.3, -0.25) is 0 Å².